The van der Waals surface area contributed by atoms with Crippen molar-refractivity contribution in [2.75, 3.05) is 0 Å². The largest absolute Gasteiger partial charge is 0.332 e. The van der Waals surface area contributed by atoms with E-state index in [-0.39, 0.29) is 5.69 Å². The lowest BCUT2D eigenvalue weighted by Crippen LogP contribution is -2.37. The Bertz CT molecular complexity index is 1180. The highest BCUT2D eigenvalue weighted by Gasteiger charge is 2.17. The molecule has 0 atom stereocenters. The van der Waals surface area contributed by atoms with Crippen LogP contribution >= 0.6 is 11.8 Å². The van der Waals surface area contributed by atoms with E-state index in [1.807, 2.05) is 0 Å². The second-order valence-electron chi connectivity index (χ2n) is 6.67. The average Bonchev–Trinajstić information content (AvgIpc) is 2.73. The molecule has 0 unspecified atom stereocenters. The normalized spacial score (nSPS) is 11.1. The Kier molecular flexibility index (Phi) is 6.12. The molecule has 29 heavy (non-hydrogen) atoms. The minimum Gasteiger partial charge on any atom is -0.280 e. The fourth-order valence-electron chi connectivity index (χ4n) is 2.89. The van der Waals surface area contributed by atoms with Gasteiger partial charge in [0.15, 0.2) is 5.65 Å². The summed E-state index contributed by atoms with van der Waals surface area (Å²) in [6.45, 7) is 2.07. The van der Waals surface area contributed by atoms with E-state index in [0.717, 1.165) is 23.0 Å². The van der Waals surface area contributed by atoms with E-state index < -0.39 is 16.2 Å². The molecule has 1 aromatic carbocycles. The van der Waals surface area contributed by atoms with E-state index in [1.165, 1.54) is 35.5 Å². The van der Waals surface area contributed by atoms with Crippen LogP contribution in [0.15, 0.2) is 38.9 Å². The summed E-state index contributed by atoms with van der Waals surface area (Å²) in [6, 6.07) is 6.26. The summed E-state index contributed by atoms with van der Waals surface area (Å²) < 4.78 is 2.41. The molecule has 0 fully saturated rings. The van der Waals surface area contributed by atoms with E-state index in [1.54, 1.807) is 19.2 Å². The van der Waals surface area contributed by atoms with E-state index in [0.29, 0.717) is 34.1 Å². The van der Waals surface area contributed by atoms with Gasteiger partial charge in [0.2, 0.25) is 0 Å². The van der Waals surface area contributed by atoms with Crippen LogP contribution in [0.4, 0.5) is 5.69 Å². The first-order valence-corrected chi connectivity index (χ1v) is 10.1. The van der Waals surface area contributed by atoms with Crippen LogP contribution in [0.5, 0.6) is 0 Å². The van der Waals surface area contributed by atoms with Gasteiger partial charge >= 0.3 is 5.69 Å². The standard InChI is InChI=1S/C19H21N5O4S/c1-4-5-6-14-20-16-15(18(25)23(3)19(26)22(16)2)17(21-14)29-11-12-7-9-13(10-8-12)24(27)28/h7-10H,4-6,11H2,1-3H3. The third-order valence-electron chi connectivity index (χ3n) is 4.59. The number of nitro groups is 1. The molecule has 0 saturated heterocycles. The topological polar surface area (TPSA) is 113 Å². The van der Waals surface area contributed by atoms with Gasteiger partial charge in [0.1, 0.15) is 16.2 Å². The average molecular weight is 415 g/mol. The minimum atomic E-state index is -0.445. The monoisotopic (exact) mass is 415 g/mol. The van der Waals surface area contributed by atoms with Crippen LogP contribution in [0.1, 0.15) is 31.2 Å². The SMILES string of the molecule is CCCCc1nc(SCc2ccc([N+](=O)[O-])cc2)c2c(=O)n(C)c(=O)n(C)c2n1. The lowest BCUT2D eigenvalue weighted by atomic mass is 10.2. The van der Waals surface area contributed by atoms with E-state index in [4.69, 9.17) is 0 Å². The van der Waals surface area contributed by atoms with Crippen LogP contribution in [0, 0.1) is 10.1 Å². The second kappa shape index (κ2) is 8.56. The van der Waals surface area contributed by atoms with Crippen molar-refractivity contribution in [3.05, 3.63) is 66.6 Å². The van der Waals surface area contributed by atoms with Crippen LogP contribution in [0.2, 0.25) is 0 Å². The van der Waals surface area contributed by atoms with Crippen molar-refractivity contribution >= 4 is 28.5 Å². The summed E-state index contributed by atoms with van der Waals surface area (Å²) in [5, 5.41) is 11.6. The van der Waals surface area contributed by atoms with E-state index in [9.17, 15) is 19.7 Å². The summed E-state index contributed by atoms with van der Waals surface area (Å²) in [6.07, 6.45) is 2.53. The van der Waals surface area contributed by atoms with Gasteiger partial charge in [-0.15, -0.1) is 11.8 Å². The molecule has 0 spiro atoms. The molecular weight excluding hydrogens is 394 g/mol. The number of benzene rings is 1. The van der Waals surface area contributed by atoms with Crippen molar-refractivity contribution in [2.45, 2.75) is 37.0 Å². The number of hydrogen-bond acceptors (Lipinski definition) is 7. The number of aromatic nitrogens is 4. The third-order valence-corrected chi connectivity index (χ3v) is 5.64. The zero-order valence-electron chi connectivity index (χ0n) is 16.4. The lowest BCUT2D eigenvalue weighted by Gasteiger charge is -2.12. The molecular formula is C19H21N5O4S. The summed E-state index contributed by atoms with van der Waals surface area (Å²) in [7, 11) is 3.02. The van der Waals surface area contributed by atoms with Gasteiger partial charge in [0.25, 0.3) is 11.2 Å². The first kappa shape index (κ1) is 20.7. The molecule has 0 aliphatic rings. The molecule has 0 aliphatic heterocycles. The summed E-state index contributed by atoms with van der Waals surface area (Å²) >= 11 is 1.35. The van der Waals surface area contributed by atoms with E-state index >= 15 is 0 Å². The van der Waals surface area contributed by atoms with Crippen molar-refractivity contribution < 1.29 is 4.92 Å². The third kappa shape index (κ3) is 4.21. The smallest absolute Gasteiger partial charge is 0.280 e. The van der Waals surface area contributed by atoms with Crippen molar-refractivity contribution in [3.63, 3.8) is 0 Å². The number of aryl methyl sites for hydroxylation is 2. The van der Waals surface area contributed by atoms with Gasteiger partial charge in [-0.25, -0.2) is 14.8 Å². The first-order valence-electron chi connectivity index (χ1n) is 9.16. The van der Waals surface area contributed by atoms with Crippen molar-refractivity contribution in [1.82, 2.24) is 19.1 Å². The van der Waals surface area contributed by atoms with Gasteiger partial charge in [-0.2, -0.15) is 0 Å². The molecule has 10 heteroatoms. The quantitative estimate of drug-likeness (QED) is 0.252. The molecule has 3 rings (SSSR count). The zero-order chi connectivity index (χ0) is 21.1. The Hall–Kier alpha value is -3.01. The predicted octanol–water partition coefficient (Wildman–Crippen LogP) is 2.57. The van der Waals surface area contributed by atoms with Crippen molar-refractivity contribution in [3.8, 4) is 0 Å². The van der Waals surface area contributed by atoms with Gasteiger partial charge in [-0.3, -0.25) is 24.0 Å². The lowest BCUT2D eigenvalue weighted by molar-refractivity contribution is -0.384. The summed E-state index contributed by atoms with van der Waals surface area (Å²) in [4.78, 5) is 44.5. The van der Waals surface area contributed by atoms with Gasteiger partial charge in [-0.05, 0) is 12.0 Å². The molecule has 2 aromatic heterocycles. The van der Waals surface area contributed by atoms with Crippen LogP contribution < -0.4 is 11.2 Å². The van der Waals surface area contributed by atoms with Crippen LogP contribution in [-0.4, -0.2) is 24.0 Å². The van der Waals surface area contributed by atoms with Crippen LogP contribution in [-0.2, 0) is 26.3 Å². The predicted molar refractivity (Wildman–Crippen MR) is 111 cm³/mol. The number of nitrogens with zero attached hydrogens (tertiary/aromatic N) is 5. The van der Waals surface area contributed by atoms with Crippen molar-refractivity contribution in [1.29, 1.82) is 0 Å². The molecule has 2 heterocycles. The van der Waals surface area contributed by atoms with Crippen LogP contribution in [0.3, 0.4) is 0 Å². The molecule has 9 nitrogen and oxygen atoms in total. The Morgan fingerprint density at radius 1 is 1.10 bits per heavy atom. The highest BCUT2D eigenvalue weighted by atomic mass is 32.2. The number of rotatable bonds is 7. The zero-order valence-corrected chi connectivity index (χ0v) is 17.2. The van der Waals surface area contributed by atoms with Gasteiger partial charge in [0.05, 0.1) is 4.92 Å². The molecule has 0 aliphatic carbocycles. The summed E-state index contributed by atoms with van der Waals surface area (Å²) in [5.41, 5.74) is 0.344. The number of nitro benzene ring substituents is 1. The summed E-state index contributed by atoms with van der Waals surface area (Å²) in [5.74, 6) is 1.07. The second-order valence-corrected chi connectivity index (χ2v) is 7.63. The maximum atomic E-state index is 12.8. The molecule has 0 bridgehead atoms. The molecule has 0 radical (unpaired) electrons. The fraction of sp³-hybridized carbons (Fsp3) is 0.368. The minimum absolute atomic E-state index is 0.0250. The molecule has 0 saturated carbocycles. The Morgan fingerprint density at radius 2 is 1.79 bits per heavy atom. The van der Waals surface area contributed by atoms with Gasteiger partial charge < -0.3 is 0 Å². The molecule has 152 valence electrons. The van der Waals surface area contributed by atoms with E-state index in [2.05, 4.69) is 16.9 Å². The Morgan fingerprint density at radius 3 is 2.41 bits per heavy atom. The maximum absolute atomic E-state index is 12.8. The number of unbranched alkanes of at least 4 members (excludes halogenated alkanes) is 1. The fourth-order valence-corrected chi connectivity index (χ4v) is 3.88. The van der Waals surface area contributed by atoms with Gasteiger partial charge in [-0.1, -0.05) is 25.5 Å². The molecule has 0 amide bonds. The number of thioether (sulfide) groups is 1. The number of hydrogen-bond donors (Lipinski definition) is 0. The highest BCUT2D eigenvalue weighted by Crippen LogP contribution is 2.27. The molecule has 3 aromatic rings. The first-order chi connectivity index (χ1) is 13.8. The van der Waals surface area contributed by atoms with Crippen molar-refractivity contribution in [2.24, 2.45) is 14.1 Å². The highest BCUT2D eigenvalue weighted by molar-refractivity contribution is 7.98. The Balaban J connectivity index is 2.05. The maximum Gasteiger partial charge on any atom is 0.332 e. The van der Waals surface area contributed by atoms with Crippen LogP contribution in [0.25, 0.3) is 11.0 Å². The van der Waals surface area contributed by atoms with Gasteiger partial charge in [0, 0.05) is 38.4 Å². The Labute approximate surface area is 170 Å². The number of non-ortho nitro benzene ring substituents is 1. The molecule has 0 N–H and O–H groups in total. The number of fused-ring (bicyclic) bond motifs is 1.